The highest BCUT2D eigenvalue weighted by molar-refractivity contribution is 6.08. The average Bonchev–Trinajstić information content (AvgIpc) is 2.81. The van der Waals surface area contributed by atoms with Crippen LogP contribution in [0.4, 0.5) is 0 Å². The summed E-state index contributed by atoms with van der Waals surface area (Å²) in [7, 11) is 0. The third-order valence-electron chi connectivity index (χ3n) is 4.62. The zero-order chi connectivity index (χ0) is 20.8. The van der Waals surface area contributed by atoms with E-state index < -0.39 is 0 Å². The van der Waals surface area contributed by atoms with Gasteiger partial charge in [0.25, 0.3) is 5.91 Å². The number of ketones is 1. The van der Waals surface area contributed by atoms with Crippen LogP contribution in [0.15, 0.2) is 78.9 Å². The summed E-state index contributed by atoms with van der Waals surface area (Å²) in [5.41, 5.74) is 1.19. The van der Waals surface area contributed by atoms with Crippen molar-refractivity contribution in [2.75, 3.05) is 19.8 Å². The van der Waals surface area contributed by atoms with E-state index in [1.807, 2.05) is 42.5 Å². The van der Waals surface area contributed by atoms with Crippen LogP contribution < -0.4 is 19.5 Å². The summed E-state index contributed by atoms with van der Waals surface area (Å²) in [4.78, 5) is 24.5. The molecule has 0 aliphatic carbocycles. The molecule has 3 aromatic rings. The molecular weight excluding hydrogens is 382 g/mol. The summed E-state index contributed by atoms with van der Waals surface area (Å²) in [6.45, 7) is 0.562. The van der Waals surface area contributed by atoms with Gasteiger partial charge in [-0.15, -0.1) is 0 Å². The van der Waals surface area contributed by atoms with Gasteiger partial charge >= 0.3 is 0 Å². The lowest BCUT2D eigenvalue weighted by molar-refractivity contribution is -0.123. The summed E-state index contributed by atoms with van der Waals surface area (Å²) in [5, 5.41) is 2.78. The van der Waals surface area contributed by atoms with Gasteiger partial charge in [0.1, 0.15) is 18.5 Å². The Hall–Kier alpha value is -3.80. The quantitative estimate of drug-likeness (QED) is 0.613. The predicted molar refractivity (Wildman–Crippen MR) is 111 cm³/mol. The van der Waals surface area contributed by atoms with Gasteiger partial charge in [0.2, 0.25) is 0 Å². The first-order valence-electron chi connectivity index (χ1n) is 9.67. The number of carbonyl (C=O) groups excluding carboxylic acids is 2. The van der Waals surface area contributed by atoms with Gasteiger partial charge in [-0.3, -0.25) is 9.59 Å². The molecule has 1 N–H and O–H groups in total. The molecule has 0 radical (unpaired) electrons. The van der Waals surface area contributed by atoms with Crippen molar-refractivity contribution < 1.29 is 23.8 Å². The fraction of sp³-hybridized carbons (Fsp3) is 0.167. The number of para-hydroxylation sites is 2. The highest BCUT2D eigenvalue weighted by Crippen LogP contribution is 2.30. The van der Waals surface area contributed by atoms with Crippen LogP contribution in [0, 0.1) is 0 Å². The first-order valence-corrected chi connectivity index (χ1v) is 9.67. The lowest BCUT2D eigenvalue weighted by Crippen LogP contribution is -2.42. The first kappa shape index (κ1) is 19.5. The molecule has 0 bridgehead atoms. The lowest BCUT2D eigenvalue weighted by Gasteiger charge is -2.26. The van der Waals surface area contributed by atoms with Crippen molar-refractivity contribution in [1.29, 1.82) is 0 Å². The molecule has 0 saturated heterocycles. The van der Waals surface area contributed by atoms with Gasteiger partial charge in [-0.2, -0.15) is 0 Å². The molecule has 3 aromatic carbocycles. The van der Waals surface area contributed by atoms with Gasteiger partial charge in [-0.05, 0) is 36.4 Å². The van der Waals surface area contributed by atoms with E-state index in [2.05, 4.69) is 5.32 Å². The minimum absolute atomic E-state index is 0.0591. The Balaban J connectivity index is 1.23. The largest absolute Gasteiger partial charge is 0.486 e. The molecule has 30 heavy (non-hydrogen) atoms. The van der Waals surface area contributed by atoms with E-state index in [4.69, 9.17) is 14.2 Å². The molecular formula is C24H21NO5. The van der Waals surface area contributed by atoms with E-state index in [9.17, 15) is 9.59 Å². The van der Waals surface area contributed by atoms with Gasteiger partial charge < -0.3 is 19.5 Å². The van der Waals surface area contributed by atoms with Gasteiger partial charge in [-0.1, -0.05) is 42.5 Å². The topological polar surface area (TPSA) is 73.9 Å². The molecule has 6 nitrogen and oxygen atoms in total. The van der Waals surface area contributed by atoms with Crippen molar-refractivity contribution in [3.05, 3.63) is 90.0 Å². The number of ether oxygens (including phenoxy) is 3. The van der Waals surface area contributed by atoms with Crippen molar-refractivity contribution in [3.8, 4) is 17.2 Å². The van der Waals surface area contributed by atoms with Gasteiger partial charge in [0.05, 0.1) is 6.54 Å². The summed E-state index contributed by atoms with van der Waals surface area (Å²) in [5.74, 6) is 1.57. The maximum Gasteiger partial charge on any atom is 0.258 e. The highest BCUT2D eigenvalue weighted by Gasteiger charge is 2.21. The minimum atomic E-state index is -0.262. The van der Waals surface area contributed by atoms with E-state index in [1.165, 1.54) is 0 Å². The fourth-order valence-electron chi connectivity index (χ4n) is 3.05. The molecule has 0 fully saturated rings. The molecule has 1 aliphatic heterocycles. The van der Waals surface area contributed by atoms with Crippen molar-refractivity contribution in [3.63, 3.8) is 0 Å². The molecule has 1 heterocycles. The van der Waals surface area contributed by atoms with E-state index >= 15 is 0 Å². The Morgan fingerprint density at radius 1 is 0.867 bits per heavy atom. The van der Waals surface area contributed by atoms with Crippen LogP contribution >= 0.6 is 0 Å². The number of fused-ring (bicyclic) bond motifs is 1. The molecule has 1 atom stereocenters. The Kier molecular flexibility index (Phi) is 5.94. The first-order chi connectivity index (χ1) is 14.7. The monoisotopic (exact) mass is 403 g/mol. The second-order valence-electron chi connectivity index (χ2n) is 6.81. The van der Waals surface area contributed by atoms with E-state index in [0.29, 0.717) is 41.5 Å². The van der Waals surface area contributed by atoms with Gasteiger partial charge in [0, 0.05) is 11.1 Å². The predicted octanol–water partition coefficient (Wildman–Crippen LogP) is 3.25. The SMILES string of the molecule is O=C(COc1ccc(C(=O)c2ccccc2)cc1)NC[C@@H]1COc2ccccc2O1. The third kappa shape index (κ3) is 4.78. The van der Waals surface area contributed by atoms with Crippen molar-refractivity contribution in [1.82, 2.24) is 5.32 Å². The lowest BCUT2D eigenvalue weighted by atomic mass is 10.0. The number of rotatable bonds is 7. The zero-order valence-corrected chi connectivity index (χ0v) is 16.2. The Bertz CT molecular complexity index is 1020. The van der Waals surface area contributed by atoms with Crippen molar-refractivity contribution >= 4 is 11.7 Å². The maximum absolute atomic E-state index is 12.4. The maximum atomic E-state index is 12.4. The number of amides is 1. The fourth-order valence-corrected chi connectivity index (χ4v) is 3.05. The van der Waals surface area contributed by atoms with Crippen LogP contribution in [0.2, 0.25) is 0 Å². The highest BCUT2D eigenvalue weighted by atomic mass is 16.6. The van der Waals surface area contributed by atoms with E-state index in [0.717, 1.165) is 0 Å². The van der Waals surface area contributed by atoms with Gasteiger partial charge in [-0.25, -0.2) is 0 Å². The van der Waals surface area contributed by atoms with E-state index in [1.54, 1.807) is 36.4 Å². The van der Waals surface area contributed by atoms with E-state index in [-0.39, 0.29) is 24.4 Å². The number of benzene rings is 3. The molecule has 1 amide bonds. The number of nitrogens with one attached hydrogen (secondary N) is 1. The molecule has 4 rings (SSSR count). The zero-order valence-electron chi connectivity index (χ0n) is 16.2. The average molecular weight is 403 g/mol. The third-order valence-corrected chi connectivity index (χ3v) is 4.62. The summed E-state index contributed by atoms with van der Waals surface area (Å²) >= 11 is 0. The van der Waals surface area contributed by atoms with Crippen LogP contribution in [-0.4, -0.2) is 37.6 Å². The minimum Gasteiger partial charge on any atom is -0.486 e. The molecule has 152 valence electrons. The summed E-state index contributed by atoms with van der Waals surface area (Å²) in [6.07, 6.45) is -0.257. The molecule has 1 aliphatic rings. The molecule has 0 unspecified atom stereocenters. The smallest absolute Gasteiger partial charge is 0.258 e. The summed E-state index contributed by atoms with van der Waals surface area (Å²) < 4.78 is 16.9. The molecule has 6 heteroatoms. The van der Waals surface area contributed by atoms with Crippen LogP contribution in [0.5, 0.6) is 17.2 Å². The Morgan fingerprint density at radius 3 is 2.30 bits per heavy atom. The van der Waals surface area contributed by atoms with Crippen LogP contribution in [0.25, 0.3) is 0 Å². The number of carbonyl (C=O) groups is 2. The second-order valence-corrected chi connectivity index (χ2v) is 6.81. The standard InChI is InChI=1S/C24H21NO5/c26-23(25-14-20-15-29-21-8-4-5-9-22(21)30-20)16-28-19-12-10-18(11-13-19)24(27)17-6-2-1-3-7-17/h1-13,20H,14-16H2,(H,25,26)/t20-/m1/s1. The summed E-state index contributed by atoms with van der Waals surface area (Å²) in [6, 6.07) is 23.2. The van der Waals surface area contributed by atoms with Crippen LogP contribution in [0.3, 0.4) is 0 Å². The molecule has 0 saturated carbocycles. The van der Waals surface area contributed by atoms with Crippen molar-refractivity contribution in [2.24, 2.45) is 0 Å². The van der Waals surface area contributed by atoms with Crippen molar-refractivity contribution in [2.45, 2.75) is 6.10 Å². The normalized spacial score (nSPS) is 14.6. The Morgan fingerprint density at radius 2 is 1.53 bits per heavy atom. The number of hydrogen-bond acceptors (Lipinski definition) is 5. The molecule has 0 spiro atoms. The number of hydrogen-bond donors (Lipinski definition) is 1. The molecule has 0 aromatic heterocycles. The Labute approximate surface area is 174 Å². The van der Waals surface area contributed by atoms with Gasteiger partial charge in [0.15, 0.2) is 23.9 Å². The second kappa shape index (κ2) is 9.13. The van der Waals surface area contributed by atoms with Crippen LogP contribution in [-0.2, 0) is 4.79 Å². The van der Waals surface area contributed by atoms with Crippen LogP contribution in [0.1, 0.15) is 15.9 Å².